The van der Waals surface area contributed by atoms with Gasteiger partial charge >= 0.3 is 0 Å². The molecule has 2 aromatic carbocycles. The van der Waals surface area contributed by atoms with E-state index in [1.165, 1.54) is 0 Å². The number of aromatic hydroxyl groups is 2. The smallest absolute Gasteiger partial charge is 0.224 e. The normalized spacial score (nSPS) is 13.5. The number of phenolic OH excluding ortho intramolecular Hbond substituents is 2. The summed E-state index contributed by atoms with van der Waals surface area (Å²) in [5.41, 5.74) is 3.09. The highest BCUT2D eigenvalue weighted by atomic mass is 16.3. The first-order valence-electron chi connectivity index (χ1n) is 16.8. The van der Waals surface area contributed by atoms with Crippen LogP contribution in [0.1, 0.15) is 157 Å². The molecular formula is C40H64N2O4. The second kappa shape index (κ2) is 13.2. The molecule has 0 fully saturated rings. The highest BCUT2D eigenvalue weighted by Gasteiger charge is 2.31. The van der Waals surface area contributed by atoms with E-state index < -0.39 is 11.1 Å². The van der Waals surface area contributed by atoms with Crippen LogP contribution in [0, 0.1) is 0 Å². The summed E-state index contributed by atoms with van der Waals surface area (Å²) >= 11 is 0. The molecule has 0 aliphatic rings. The highest BCUT2D eigenvalue weighted by Crippen LogP contribution is 2.41. The lowest BCUT2D eigenvalue weighted by atomic mass is 9.78. The molecule has 0 atom stereocenters. The Kier molecular flexibility index (Phi) is 11.3. The fraction of sp³-hybridized carbons (Fsp3) is 0.650. The molecule has 0 aliphatic heterocycles. The minimum atomic E-state index is -0.490. The van der Waals surface area contributed by atoms with Gasteiger partial charge in [-0.3, -0.25) is 9.59 Å². The van der Waals surface area contributed by atoms with Gasteiger partial charge in [-0.1, -0.05) is 107 Å². The minimum Gasteiger partial charge on any atom is -0.507 e. The van der Waals surface area contributed by atoms with Gasteiger partial charge in [-0.25, -0.2) is 0 Å². The standard InChI is InChI=1S/C40H64N2O4/c1-35(2,3)27-19-25(20-28(33(27)45)36(4,5)6)23-31(43)41-39(13,14)17-18-40(15,16)42-32(44)24-26-21-29(37(7,8)9)34(46)30(22-26)38(10,11)12/h19-22,45-46H,17-18,23-24H2,1-16H3,(H,41,43)(H,42,44). The molecule has 258 valence electrons. The monoisotopic (exact) mass is 636 g/mol. The van der Waals surface area contributed by atoms with Crippen LogP contribution in [0.15, 0.2) is 24.3 Å². The van der Waals surface area contributed by atoms with Crippen molar-refractivity contribution in [3.05, 3.63) is 57.6 Å². The Labute approximate surface area is 280 Å². The summed E-state index contributed by atoms with van der Waals surface area (Å²) in [6.45, 7) is 32.9. The Hall–Kier alpha value is -3.02. The maximum atomic E-state index is 13.3. The van der Waals surface area contributed by atoms with Crippen molar-refractivity contribution in [1.29, 1.82) is 0 Å². The number of hydrogen-bond donors (Lipinski definition) is 4. The summed E-state index contributed by atoms with van der Waals surface area (Å²) in [6.07, 6.45) is 1.78. The zero-order valence-electron chi connectivity index (χ0n) is 31.8. The predicted molar refractivity (Wildman–Crippen MR) is 192 cm³/mol. The first kappa shape index (κ1) is 39.2. The van der Waals surface area contributed by atoms with Gasteiger partial charge in [0.15, 0.2) is 0 Å². The molecule has 6 heteroatoms. The number of hydrogen-bond acceptors (Lipinski definition) is 4. The maximum Gasteiger partial charge on any atom is 0.224 e. The molecule has 0 saturated heterocycles. The molecule has 2 aromatic rings. The predicted octanol–water partition coefficient (Wildman–Crippen LogP) is 8.64. The van der Waals surface area contributed by atoms with E-state index in [2.05, 4.69) is 93.7 Å². The summed E-state index contributed by atoms with van der Waals surface area (Å²) in [5, 5.41) is 28.5. The molecule has 4 N–H and O–H groups in total. The van der Waals surface area contributed by atoms with Crippen LogP contribution in [-0.2, 0) is 44.1 Å². The van der Waals surface area contributed by atoms with Gasteiger partial charge in [0.2, 0.25) is 11.8 Å². The van der Waals surface area contributed by atoms with Crippen molar-refractivity contribution < 1.29 is 19.8 Å². The number of benzene rings is 2. The molecule has 0 aromatic heterocycles. The van der Waals surface area contributed by atoms with Crippen LogP contribution >= 0.6 is 0 Å². The molecule has 0 aliphatic carbocycles. The SMILES string of the molecule is CC(C)(CCC(C)(C)NC(=O)Cc1cc(C(C)(C)C)c(O)c(C(C)(C)C)c1)NC(=O)Cc1cc(C(C)(C)C)c(O)c(C(C)(C)C)c1. The Balaban J connectivity index is 2.13. The topological polar surface area (TPSA) is 98.7 Å². The molecule has 2 amide bonds. The van der Waals surface area contributed by atoms with E-state index in [9.17, 15) is 19.8 Å². The number of amides is 2. The summed E-state index contributed by atoms with van der Waals surface area (Å²) in [4.78, 5) is 26.6. The van der Waals surface area contributed by atoms with Crippen molar-refractivity contribution in [1.82, 2.24) is 10.6 Å². The molecule has 0 heterocycles. The molecule has 2 rings (SSSR count). The number of rotatable bonds is 9. The summed E-state index contributed by atoms with van der Waals surface area (Å²) in [5.74, 6) is 0.467. The van der Waals surface area contributed by atoms with Gasteiger partial charge in [-0.05, 0) is 95.6 Å². The average molecular weight is 637 g/mol. The van der Waals surface area contributed by atoms with Crippen molar-refractivity contribution in [3.8, 4) is 11.5 Å². The van der Waals surface area contributed by atoms with Crippen molar-refractivity contribution in [3.63, 3.8) is 0 Å². The Bertz CT molecular complexity index is 1240. The number of carbonyl (C=O) groups is 2. The van der Waals surface area contributed by atoms with Gasteiger partial charge in [0.05, 0.1) is 12.8 Å². The lowest BCUT2D eigenvalue weighted by molar-refractivity contribution is -0.123. The zero-order valence-corrected chi connectivity index (χ0v) is 31.8. The van der Waals surface area contributed by atoms with Crippen molar-refractivity contribution in [2.24, 2.45) is 0 Å². The second-order valence-corrected chi connectivity index (χ2v) is 18.8. The largest absolute Gasteiger partial charge is 0.507 e. The summed E-state index contributed by atoms with van der Waals surface area (Å²) < 4.78 is 0. The molecule has 0 bridgehead atoms. The third kappa shape index (κ3) is 10.8. The van der Waals surface area contributed by atoms with Gasteiger partial charge < -0.3 is 20.8 Å². The van der Waals surface area contributed by atoms with Gasteiger partial charge in [-0.15, -0.1) is 0 Å². The van der Waals surface area contributed by atoms with E-state index in [0.717, 1.165) is 33.4 Å². The van der Waals surface area contributed by atoms with E-state index in [1.54, 1.807) is 0 Å². The second-order valence-electron chi connectivity index (χ2n) is 18.8. The highest BCUT2D eigenvalue weighted by molar-refractivity contribution is 5.80. The van der Waals surface area contributed by atoms with Crippen LogP contribution in [0.4, 0.5) is 0 Å². The van der Waals surface area contributed by atoms with Gasteiger partial charge in [0.1, 0.15) is 11.5 Å². The molecule has 46 heavy (non-hydrogen) atoms. The lowest BCUT2D eigenvalue weighted by Gasteiger charge is -2.33. The number of carbonyl (C=O) groups excluding carboxylic acids is 2. The van der Waals surface area contributed by atoms with E-state index in [4.69, 9.17) is 0 Å². The Morgan fingerprint density at radius 3 is 0.891 bits per heavy atom. The van der Waals surface area contributed by atoms with Crippen molar-refractivity contribution in [2.75, 3.05) is 0 Å². The lowest BCUT2D eigenvalue weighted by Crippen LogP contribution is -2.49. The van der Waals surface area contributed by atoms with Crippen LogP contribution in [-0.4, -0.2) is 33.1 Å². The van der Waals surface area contributed by atoms with Crippen LogP contribution in [0.25, 0.3) is 0 Å². The van der Waals surface area contributed by atoms with E-state index in [1.807, 2.05) is 52.0 Å². The first-order chi connectivity index (χ1) is 20.4. The minimum absolute atomic E-state index is 0.0751. The molecule has 0 unspecified atom stereocenters. The van der Waals surface area contributed by atoms with Gasteiger partial charge in [0.25, 0.3) is 0 Å². The molecule has 0 saturated carbocycles. The van der Waals surface area contributed by atoms with E-state index in [-0.39, 0.29) is 46.3 Å². The van der Waals surface area contributed by atoms with Crippen LogP contribution in [0.5, 0.6) is 11.5 Å². The van der Waals surface area contributed by atoms with Crippen LogP contribution in [0.2, 0.25) is 0 Å². The molecule has 0 radical (unpaired) electrons. The number of nitrogens with one attached hydrogen (secondary N) is 2. The van der Waals surface area contributed by atoms with E-state index >= 15 is 0 Å². The van der Waals surface area contributed by atoms with Gasteiger partial charge in [-0.2, -0.15) is 0 Å². The van der Waals surface area contributed by atoms with Crippen molar-refractivity contribution in [2.45, 2.75) is 169 Å². The molecule has 0 spiro atoms. The summed E-state index contributed by atoms with van der Waals surface area (Å²) in [7, 11) is 0. The third-order valence-electron chi connectivity index (χ3n) is 8.63. The van der Waals surface area contributed by atoms with E-state index in [0.29, 0.717) is 24.3 Å². The first-order valence-corrected chi connectivity index (χ1v) is 16.8. The average Bonchev–Trinajstić information content (AvgIpc) is 2.81. The maximum absolute atomic E-state index is 13.3. The summed E-state index contributed by atoms with van der Waals surface area (Å²) in [6, 6.07) is 7.83. The number of phenols is 2. The quantitative estimate of drug-likeness (QED) is 0.221. The van der Waals surface area contributed by atoms with Crippen LogP contribution in [0.3, 0.4) is 0 Å². The molecular weight excluding hydrogens is 572 g/mol. The Morgan fingerprint density at radius 2 is 0.696 bits per heavy atom. The Morgan fingerprint density at radius 1 is 0.478 bits per heavy atom. The fourth-order valence-electron chi connectivity index (χ4n) is 5.84. The third-order valence-corrected chi connectivity index (χ3v) is 8.63. The van der Waals surface area contributed by atoms with Crippen LogP contribution < -0.4 is 10.6 Å². The van der Waals surface area contributed by atoms with Crippen molar-refractivity contribution >= 4 is 11.8 Å². The van der Waals surface area contributed by atoms with Gasteiger partial charge in [0, 0.05) is 11.1 Å². The molecule has 6 nitrogen and oxygen atoms in total. The fourth-order valence-corrected chi connectivity index (χ4v) is 5.84. The zero-order chi connectivity index (χ0) is 35.8.